The zero-order valence-corrected chi connectivity index (χ0v) is 15.8. The van der Waals surface area contributed by atoms with Crippen LogP contribution in [-0.4, -0.2) is 59.4 Å². The van der Waals surface area contributed by atoms with E-state index >= 15 is 0 Å². The van der Waals surface area contributed by atoms with Gasteiger partial charge < -0.3 is 15.5 Å². The van der Waals surface area contributed by atoms with Gasteiger partial charge >= 0.3 is 0 Å². The number of aliphatic imine (C=N–C) groups is 1. The molecule has 2 heterocycles. The molecule has 1 aromatic heterocycles. The van der Waals surface area contributed by atoms with Crippen LogP contribution in [0.1, 0.15) is 39.2 Å². The van der Waals surface area contributed by atoms with E-state index in [1.165, 1.54) is 38.0 Å². The van der Waals surface area contributed by atoms with Crippen molar-refractivity contribution in [2.75, 3.05) is 32.7 Å². The summed E-state index contributed by atoms with van der Waals surface area (Å²) in [6.07, 6.45) is 6.32. The van der Waals surface area contributed by atoms with E-state index in [2.05, 4.69) is 54.5 Å². The highest BCUT2D eigenvalue weighted by atomic mass is 15.3. The molecule has 2 N–H and O–H groups in total. The molecular weight excluding hydrogens is 300 g/mol. The van der Waals surface area contributed by atoms with Gasteiger partial charge in [0.05, 0.1) is 19.3 Å². The van der Waals surface area contributed by atoms with E-state index < -0.39 is 0 Å². The zero-order valence-electron chi connectivity index (χ0n) is 15.8. The van der Waals surface area contributed by atoms with Crippen LogP contribution in [0.2, 0.25) is 0 Å². The van der Waals surface area contributed by atoms with Gasteiger partial charge in [0.25, 0.3) is 0 Å². The van der Waals surface area contributed by atoms with Gasteiger partial charge in [0.15, 0.2) is 5.96 Å². The number of piperidine rings is 1. The van der Waals surface area contributed by atoms with Gasteiger partial charge in [-0.25, -0.2) is 0 Å². The third kappa shape index (κ3) is 6.51. The molecule has 1 aromatic rings. The number of rotatable bonds is 7. The lowest BCUT2D eigenvalue weighted by Crippen LogP contribution is -2.49. The summed E-state index contributed by atoms with van der Waals surface area (Å²) in [4.78, 5) is 7.28. The first-order chi connectivity index (χ1) is 11.6. The Kier molecular flexibility index (Phi) is 7.56. The summed E-state index contributed by atoms with van der Waals surface area (Å²) in [5.74, 6) is 1.68. The van der Waals surface area contributed by atoms with Gasteiger partial charge in [0.1, 0.15) is 0 Å². The summed E-state index contributed by atoms with van der Waals surface area (Å²) in [6, 6.07) is 0.526. The summed E-state index contributed by atoms with van der Waals surface area (Å²) in [7, 11) is 0. The van der Waals surface area contributed by atoms with Crippen molar-refractivity contribution in [3.63, 3.8) is 0 Å². The van der Waals surface area contributed by atoms with Crippen LogP contribution in [0.15, 0.2) is 17.4 Å². The monoisotopic (exact) mass is 334 g/mol. The van der Waals surface area contributed by atoms with Gasteiger partial charge in [0, 0.05) is 38.4 Å². The molecule has 2 rings (SSSR count). The molecule has 136 valence electrons. The average Bonchev–Trinajstić information content (AvgIpc) is 2.94. The molecule has 24 heavy (non-hydrogen) atoms. The number of nitrogens with zero attached hydrogens (tertiary/aromatic N) is 4. The molecular formula is C18H34N6. The Morgan fingerprint density at radius 2 is 2.12 bits per heavy atom. The molecule has 1 aliphatic rings. The number of hydrogen-bond donors (Lipinski definition) is 2. The van der Waals surface area contributed by atoms with Crippen molar-refractivity contribution in [3.8, 4) is 0 Å². The van der Waals surface area contributed by atoms with E-state index in [1.54, 1.807) is 0 Å². The van der Waals surface area contributed by atoms with Crippen LogP contribution >= 0.6 is 0 Å². The molecule has 6 nitrogen and oxygen atoms in total. The molecule has 1 fully saturated rings. The molecule has 1 saturated heterocycles. The maximum absolute atomic E-state index is 4.70. The Labute approximate surface area is 146 Å². The standard InChI is InChI=1S/C18H34N6/c1-5-19-18(20-8-11-24-14-16(4)12-21-24)22-17-6-9-23(10-7-17)13-15(2)3/h12,14-15,17H,5-11,13H2,1-4H3,(H2,19,20,22). The smallest absolute Gasteiger partial charge is 0.191 e. The van der Waals surface area contributed by atoms with E-state index in [0.29, 0.717) is 6.04 Å². The summed E-state index contributed by atoms with van der Waals surface area (Å²) in [5.41, 5.74) is 1.19. The second kappa shape index (κ2) is 9.67. The predicted octanol–water partition coefficient (Wildman–Crippen LogP) is 1.87. The van der Waals surface area contributed by atoms with Gasteiger partial charge in [-0.3, -0.25) is 9.67 Å². The summed E-state index contributed by atoms with van der Waals surface area (Å²) in [5, 5.41) is 11.3. The van der Waals surface area contributed by atoms with Gasteiger partial charge in [-0.05, 0) is 38.2 Å². The first kappa shape index (κ1) is 18.8. The number of aryl methyl sites for hydroxylation is 1. The van der Waals surface area contributed by atoms with Gasteiger partial charge in [-0.15, -0.1) is 0 Å². The highest BCUT2D eigenvalue weighted by molar-refractivity contribution is 5.80. The van der Waals surface area contributed by atoms with E-state index in [0.717, 1.165) is 31.5 Å². The Morgan fingerprint density at radius 1 is 1.38 bits per heavy atom. The molecule has 1 aliphatic heterocycles. The van der Waals surface area contributed by atoms with Gasteiger partial charge in [0.2, 0.25) is 0 Å². The maximum Gasteiger partial charge on any atom is 0.191 e. The molecule has 0 radical (unpaired) electrons. The van der Waals surface area contributed by atoms with E-state index in [-0.39, 0.29) is 0 Å². The van der Waals surface area contributed by atoms with E-state index in [4.69, 9.17) is 4.99 Å². The fourth-order valence-electron chi connectivity index (χ4n) is 3.14. The number of nitrogens with one attached hydrogen (secondary N) is 2. The number of aromatic nitrogens is 2. The highest BCUT2D eigenvalue weighted by Crippen LogP contribution is 2.12. The van der Waals surface area contributed by atoms with Crippen molar-refractivity contribution in [1.29, 1.82) is 0 Å². The first-order valence-electron chi connectivity index (χ1n) is 9.33. The van der Waals surface area contributed by atoms with Crippen molar-refractivity contribution in [2.45, 2.75) is 53.1 Å². The van der Waals surface area contributed by atoms with Crippen LogP contribution in [0.25, 0.3) is 0 Å². The van der Waals surface area contributed by atoms with Crippen LogP contribution in [0.5, 0.6) is 0 Å². The molecule has 0 bridgehead atoms. The van der Waals surface area contributed by atoms with Crippen molar-refractivity contribution in [2.24, 2.45) is 10.9 Å². The molecule has 0 amide bonds. The van der Waals surface area contributed by atoms with Gasteiger partial charge in [-0.2, -0.15) is 5.10 Å². The van der Waals surface area contributed by atoms with Crippen LogP contribution in [0.4, 0.5) is 0 Å². The zero-order chi connectivity index (χ0) is 17.4. The number of hydrogen-bond acceptors (Lipinski definition) is 3. The Morgan fingerprint density at radius 3 is 2.71 bits per heavy atom. The van der Waals surface area contributed by atoms with E-state index in [1.807, 2.05) is 10.9 Å². The molecule has 0 spiro atoms. The SMILES string of the molecule is CCNC(=NCCn1cc(C)cn1)NC1CCN(CC(C)C)CC1. The third-order valence-electron chi connectivity index (χ3n) is 4.26. The minimum Gasteiger partial charge on any atom is -0.357 e. The molecule has 0 aliphatic carbocycles. The Bertz CT molecular complexity index is 499. The molecule has 0 atom stereocenters. The van der Waals surface area contributed by atoms with Crippen molar-refractivity contribution < 1.29 is 0 Å². The largest absolute Gasteiger partial charge is 0.357 e. The summed E-state index contributed by atoms with van der Waals surface area (Å²) >= 11 is 0. The second-order valence-corrected chi connectivity index (χ2v) is 7.15. The fraction of sp³-hybridized carbons (Fsp3) is 0.778. The maximum atomic E-state index is 4.70. The second-order valence-electron chi connectivity index (χ2n) is 7.15. The predicted molar refractivity (Wildman–Crippen MR) is 100 cm³/mol. The Balaban J connectivity index is 1.77. The first-order valence-corrected chi connectivity index (χ1v) is 9.33. The highest BCUT2D eigenvalue weighted by Gasteiger charge is 2.20. The van der Waals surface area contributed by atoms with Crippen LogP contribution < -0.4 is 10.6 Å². The quantitative estimate of drug-likeness (QED) is 0.590. The minimum absolute atomic E-state index is 0.526. The van der Waals surface area contributed by atoms with Gasteiger partial charge in [-0.1, -0.05) is 13.8 Å². The number of guanidine groups is 1. The average molecular weight is 335 g/mol. The topological polar surface area (TPSA) is 57.5 Å². The van der Waals surface area contributed by atoms with Crippen LogP contribution in [-0.2, 0) is 6.54 Å². The minimum atomic E-state index is 0.526. The van der Waals surface area contributed by atoms with Crippen molar-refractivity contribution in [1.82, 2.24) is 25.3 Å². The van der Waals surface area contributed by atoms with Crippen molar-refractivity contribution in [3.05, 3.63) is 18.0 Å². The molecule has 0 unspecified atom stereocenters. The lowest BCUT2D eigenvalue weighted by atomic mass is 10.0. The summed E-state index contributed by atoms with van der Waals surface area (Å²) < 4.78 is 1.95. The molecule has 0 aromatic carbocycles. The van der Waals surface area contributed by atoms with Crippen LogP contribution in [0.3, 0.4) is 0 Å². The Hall–Kier alpha value is -1.56. The lowest BCUT2D eigenvalue weighted by Gasteiger charge is -2.34. The fourth-order valence-corrected chi connectivity index (χ4v) is 3.14. The summed E-state index contributed by atoms with van der Waals surface area (Å²) in [6.45, 7) is 14.8. The normalized spacial score (nSPS) is 17.5. The number of likely N-dealkylation sites (tertiary alicyclic amines) is 1. The van der Waals surface area contributed by atoms with Crippen molar-refractivity contribution >= 4 is 5.96 Å². The molecule has 0 saturated carbocycles. The third-order valence-corrected chi connectivity index (χ3v) is 4.26. The van der Waals surface area contributed by atoms with Crippen LogP contribution in [0, 0.1) is 12.8 Å². The van der Waals surface area contributed by atoms with E-state index in [9.17, 15) is 0 Å². The lowest BCUT2D eigenvalue weighted by molar-refractivity contribution is 0.187. The molecule has 6 heteroatoms.